The van der Waals surface area contributed by atoms with Gasteiger partial charge in [-0.3, -0.25) is 0 Å². The van der Waals surface area contributed by atoms with Crippen molar-refractivity contribution >= 4 is 35.3 Å². The lowest BCUT2D eigenvalue weighted by atomic mass is 10.1. The zero-order valence-electron chi connectivity index (χ0n) is 7.00. The highest BCUT2D eigenvalue weighted by atomic mass is 35.5. The van der Waals surface area contributed by atoms with E-state index in [2.05, 4.69) is 4.98 Å². The summed E-state index contributed by atoms with van der Waals surface area (Å²) in [6, 6.07) is 0. The summed E-state index contributed by atoms with van der Waals surface area (Å²) in [7, 11) is 0. The fourth-order valence-electron chi connectivity index (χ4n) is 0.664. The topological polar surface area (TPSA) is 38.9 Å². The Morgan fingerprint density at radius 1 is 1.67 bits per heavy atom. The van der Waals surface area contributed by atoms with E-state index in [0.29, 0.717) is 5.88 Å². The first kappa shape index (κ1) is 12.2. The average molecular weight is 227 g/mol. The normalized spacial score (nSPS) is 11.0. The van der Waals surface area contributed by atoms with Crippen LogP contribution in [0.4, 0.5) is 0 Å². The summed E-state index contributed by atoms with van der Waals surface area (Å²) in [6.45, 7) is 3.87. The predicted molar refractivity (Wildman–Crippen MR) is 56.1 cm³/mol. The summed E-state index contributed by atoms with van der Waals surface area (Å²) >= 11 is 7.15. The molecule has 12 heavy (non-hydrogen) atoms. The maximum absolute atomic E-state index is 5.83. The van der Waals surface area contributed by atoms with Crippen molar-refractivity contribution in [2.45, 2.75) is 25.3 Å². The molecule has 5 heteroatoms. The van der Waals surface area contributed by atoms with E-state index < -0.39 is 0 Å². The molecule has 1 aromatic heterocycles. The molecule has 0 fully saturated rings. The minimum atomic E-state index is -0.338. The third-order valence-corrected chi connectivity index (χ3v) is 2.74. The molecule has 0 saturated heterocycles. The number of hydrogen-bond acceptors (Lipinski definition) is 3. The minimum absolute atomic E-state index is 0. The maximum Gasteiger partial charge on any atom is 0.112 e. The molecule has 0 unspecified atom stereocenters. The highest BCUT2D eigenvalue weighted by Gasteiger charge is 2.17. The molecule has 0 atom stereocenters. The van der Waals surface area contributed by atoms with Crippen molar-refractivity contribution in [2.24, 2.45) is 5.73 Å². The van der Waals surface area contributed by atoms with Gasteiger partial charge in [-0.25, -0.2) is 4.98 Å². The Balaban J connectivity index is 0.00000121. The molecule has 1 rings (SSSR count). The highest BCUT2D eigenvalue weighted by Crippen LogP contribution is 2.21. The van der Waals surface area contributed by atoms with E-state index in [0.717, 1.165) is 10.7 Å². The highest BCUT2D eigenvalue weighted by molar-refractivity contribution is 7.09. The number of nitrogens with zero attached hydrogens (tertiary/aromatic N) is 1. The first-order valence-electron chi connectivity index (χ1n) is 3.34. The lowest BCUT2D eigenvalue weighted by Gasteiger charge is -2.13. The summed E-state index contributed by atoms with van der Waals surface area (Å²) in [6.07, 6.45) is 0. The van der Waals surface area contributed by atoms with E-state index in [1.165, 1.54) is 0 Å². The van der Waals surface area contributed by atoms with Crippen molar-refractivity contribution in [1.29, 1.82) is 0 Å². The Morgan fingerprint density at radius 3 is 2.50 bits per heavy atom. The second kappa shape index (κ2) is 4.42. The molecule has 0 aliphatic heterocycles. The lowest BCUT2D eigenvalue weighted by molar-refractivity contribution is 0.549. The van der Waals surface area contributed by atoms with E-state index in [4.69, 9.17) is 17.3 Å². The van der Waals surface area contributed by atoms with Crippen LogP contribution in [-0.2, 0) is 11.4 Å². The molecule has 0 radical (unpaired) electrons. The number of alkyl halides is 1. The fourth-order valence-corrected chi connectivity index (χ4v) is 1.75. The standard InChI is InChI=1S/C7H11ClN2S.ClH/c1-7(2,9)6-10-5(3-8)4-11-6;/h4H,3,9H2,1-2H3;1H. The molecule has 0 spiro atoms. The largest absolute Gasteiger partial charge is 0.320 e. The molecule has 2 nitrogen and oxygen atoms in total. The smallest absolute Gasteiger partial charge is 0.112 e. The van der Waals surface area contributed by atoms with Crippen molar-refractivity contribution < 1.29 is 0 Å². The lowest BCUT2D eigenvalue weighted by Crippen LogP contribution is -2.28. The first-order chi connectivity index (χ1) is 5.04. The third kappa shape index (κ3) is 2.90. The molecule has 0 aliphatic carbocycles. The summed E-state index contributed by atoms with van der Waals surface area (Å²) in [4.78, 5) is 4.26. The van der Waals surface area contributed by atoms with E-state index >= 15 is 0 Å². The van der Waals surface area contributed by atoms with Gasteiger partial charge in [-0.1, -0.05) is 0 Å². The molecule has 2 N–H and O–H groups in total. The molecule has 0 aromatic carbocycles. The predicted octanol–water partition coefficient (Wildman–Crippen LogP) is 2.50. The van der Waals surface area contributed by atoms with Crippen LogP contribution in [0.3, 0.4) is 0 Å². The summed E-state index contributed by atoms with van der Waals surface area (Å²) in [5.74, 6) is 0.465. The van der Waals surface area contributed by atoms with Crippen molar-refractivity contribution in [3.63, 3.8) is 0 Å². The van der Waals surface area contributed by atoms with Gasteiger partial charge in [0.2, 0.25) is 0 Å². The summed E-state index contributed by atoms with van der Waals surface area (Å²) in [5.41, 5.74) is 6.40. The molecule has 1 aromatic rings. The van der Waals surface area contributed by atoms with Gasteiger partial charge in [-0.15, -0.1) is 35.3 Å². The van der Waals surface area contributed by atoms with E-state index in [1.807, 2.05) is 19.2 Å². The molecular weight excluding hydrogens is 215 g/mol. The van der Waals surface area contributed by atoms with Crippen LogP contribution >= 0.6 is 35.3 Å². The SMILES string of the molecule is CC(C)(N)c1nc(CCl)cs1.Cl. The molecular formula is C7H12Cl2N2S. The zero-order valence-corrected chi connectivity index (χ0v) is 9.39. The molecule has 0 bridgehead atoms. The number of nitrogens with two attached hydrogens (primary N) is 1. The average Bonchev–Trinajstić information content (AvgIpc) is 2.32. The third-order valence-electron chi connectivity index (χ3n) is 1.24. The van der Waals surface area contributed by atoms with Crippen LogP contribution in [0.15, 0.2) is 5.38 Å². The van der Waals surface area contributed by atoms with Crippen molar-refractivity contribution in [1.82, 2.24) is 4.98 Å². The monoisotopic (exact) mass is 226 g/mol. The van der Waals surface area contributed by atoms with Crippen molar-refractivity contribution in [2.75, 3.05) is 0 Å². The zero-order chi connectivity index (χ0) is 8.48. The number of thiazole rings is 1. The number of hydrogen-bond donors (Lipinski definition) is 1. The van der Waals surface area contributed by atoms with Crippen LogP contribution in [0.5, 0.6) is 0 Å². The van der Waals surface area contributed by atoms with E-state index in [1.54, 1.807) is 11.3 Å². The Hall–Kier alpha value is 0.170. The Labute approximate surface area is 87.5 Å². The summed E-state index contributed by atoms with van der Waals surface area (Å²) in [5, 5.41) is 2.88. The first-order valence-corrected chi connectivity index (χ1v) is 4.75. The van der Waals surface area contributed by atoms with Gasteiger partial charge in [0.25, 0.3) is 0 Å². The Kier molecular flexibility index (Phi) is 4.48. The van der Waals surface area contributed by atoms with Crippen molar-refractivity contribution in [3.05, 3.63) is 16.1 Å². The summed E-state index contributed by atoms with van der Waals surface area (Å²) < 4.78 is 0. The molecule has 0 aliphatic rings. The van der Waals surface area contributed by atoms with Gasteiger partial charge >= 0.3 is 0 Å². The van der Waals surface area contributed by atoms with Gasteiger partial charge in [0.05, 0.1) is 17.1 Å². The number of rotatable bonds is 2. The van der Waals surface area contributed by atoms with Crippen LogP contribution in [0, 0.1) is 0 Å². The van der Waals surface area contributed by atoms with Crippen LogP contribution in [-0.4, -0.2) is 4.98 Å². The minimum Gasteiger partial charge on any atom is -0.320 e. The van der Waals surface area contributed by atoms with E-state index in [9.17, 15) is 0 Å². The van der Waals surface area contributed by atoms with Crippen LogP contribution in [0.25, 0.3) is 0 Å². The fraction of sp³-hybridized carbons (Fsp3) is 0.571. The second-order valence-electron chi connectivity index (χ2n) is 3.00. The van der Waals surface area contributed by atoms with Crippen LogP contribution in [0.1, 0.15) is 24.5 Å². The quantitative estimate of drug-likeness (QED) is 0.788. The van der Waals surface area contributed by atoms with Gasteiger partial charge in [-0.05, 0) is 13.8 Å². The molecule has 1 heterocycles. The van der Waals surface area contributed by atoms with Crippen LogP contribution < -0.4 is 5.73 Å². The van der Waals surface area contributed by atoms with Gasteiger partial charge in [-0.2, -0.15) is 0 Å². The van der Waals surface area contributed by atoms with Crippen LogP contribution in [0.2, 0.25) is 0 Å². The second-order valence-corrected chi connectivity index (χ2v) is 4.12. The Morgan fingerprint density at radius 2 is 2.25 bits per heavy atom. The molecule has 70 valence electrons. The van der Waals surface area contributed by atoms with Gasteiger partial charge in [0.15, 0.2) is 0 Å². The van der Waals surface area contributed by atoms with Gasteiger partial charge in [0.1, 0.15) is 5.01 Å². The molecule has 0 saturated carbocycles. The number of aromatic nitrogens is 1. The molecule has 0 amide bonds. The number of halogens is 2. The van der Waals surface area contributed by atoms with Gasteiger partial charge < -0.3 is 5.73 Å². The van der Waals surface area contributed by atoms with Crippen molar-refractivity contribution in [3.8, 4) is 0 Å². The van der Waals surface area contributed by atoms with E-state index in [-0.39, 0.29) is 17.9 Å². The Bertz CT molecular complexity index is 242. The van der Waals surface area contributed by atoms with Gasteiger partial charge in [0, 0.05) is 5.38 Å². The maximum atomic E-state index is 5.83.